The van der Waals surface area contributed by atoms with Crippen molar-refractivity contribution < 1.29 is 4.39 Å². The van der Waals surface area contributed by atoms with Gasteiger partial charge in [-0.1, -0.05) is 48.0 Å². The van der Waals surface area contributed by atoms with Gasteiger partial charge >= 0.3 is 0 Å². The van der Waals surface area contributed by atoms with Gasteiger partial charge in [-0.25, -0.2) is 4.39 Å². The fraction of sp³-hybridized carbons (Fsp3) is 0.250. The lowest BCUT2D eigenvalue weighted by molar-refractivity contribution is 0.403. The average Bonchev–Trinajstić information content (AvgIpc) is 2.86. The molecule has 1 nitrogen and oxygen atoms in total. The SMILES string of the molecule is Cc1cccc(C(F)c2cccc3c2NCC3)c1. The van der Waals surface area contributed by atoms with Crippen LogP contribution in [0.5, 0.6) is 0 Å². The summed E-state index contributed by atoms with van der Waals surface area (Å²) in [4.78, 5) is 0. The number of halogens is 1. The number of anilines is 1. The molecule has 1 aliphatic rings. The van der Waals surface area contributed by atoms with Crippen LogP contribution in [0.15, 0.2) is 42.5 Å². The van der Waals surface area contributed by atoms with Crippen LogP contribution in [0.4, 0.5) is 10.1 Å². The van der Waals surface area contributed by atoms with Crippen molar-refractivity contribution in [1.82, 2.24) is 0 Å². The second-order valence-corrected chi connectivity index (χ2v) is 4.83. The Morgan fingerprint density at radius 2 is 2.00 bits per heavy atom. The molecule has 1 unspecified atom stereocenters. The molecule has 2 aromatic carbocycles. The van der Waals surface area contributed by atoms with Crippen molar-refractivity contribution in [3.05, 3.63) is 64.7 Å². The first-order chi connectivity index (χ1) is 8.75. The second kappa shape index (κ2) is 4.45. The molecule has 0 saturated heterocycles. The molecule has 2 heteroatoms. The van der Waals surface area contributed by atoms with Crippen LogP contribution in [0.1, 0.15) is 28.4 Å². The van der Waals surface area contributed by atoms with Gasteiger partial charge in [-0.05, 0) is 24.5 Å². The van der Waals surface area contributed by atoms with Crippen LogP contribution in [-0.2, 0) is 6.42 Å². The van der Waals surface area contributed by atoms with Gasteiger partial charge < -0.3 is 5.32 Å². The van der Waals surface area contributed by atoms with Crippen molar-refractivity contribution in [2.75, 3.05) is 11.9 Å². The molecule has 1 heterocycles. The van der Waals surface area contributed by atoms with E-state index in [2.05, 4.69) is 11.4 Å². The first-order valence-electron chi connectivity index (χ1n) is 6.32. The lowest BCUT2D eigenvalue weighted by atomic mass is 9.98. The van der Waals surface area contributed by atoms with E-state index in [-0.39, 0.29) is 0 Å². The molecular weight excluding hydrogens is 225 g/mol. The first kappa shape index (κ1) is 11.3. The van der Waals surface area contributed by atoms with Crippen molar-refractivity contribution in [2.45, 2.75) is 19.5 Å². The molecule has 0 saturated carbocycles. The molecule has 0 amide bonds. The topological polar surface area (TPSA) is 12.0 Å². The zero-order valence-electron chi connectivity index (χ0n) is 10.4. The predicted molar refractivity (Wildman–Crippen MR) is 72.8 cm³/mol. The van der Waals surface area contributed by atoms with Crippen LogP contribution in [0.2, 0.25) is 0 Å². The normalized spacial score (nSPS) is 15.0. The number of alkyl halides is 1. The van der Waals surface area contributed by atoms with Gasteiger partial charge in [-0.15, -0.1) is 0 Å². The van der Waals surface area contributed by atoms with E-state index in [1.54, 1.807) is 0 Å². The fourth-order valence-electron chi connectivity index (χ4n) is 2.58. The summed E-state index contributed by atoms with van der Waals surface area (Å²) in [6.45, 7) is 2.90. The van der Waals surface area contributed by atoms with Crippen LogP contribution in [-0.4, -0.2) is 6.54 Å². The molecule has 3 rings (SSSR count). The van der Waals surface area contributed by atoms with E-state index in [4.69, 9.17) is 0 Å². The minimum Gasteiger partial charge on any atom is -0.384 e. The summed E-state index contributed by atoms with van der Waals surface area (Å²) in [5.41, 5.74) is 4.80. The van der Waals surface area contributed by atoms with Crippen LogP contribution < -0.4 is 5.32 Å². The molecule has 92 valence electrons. The molecule has 1 atom stereocenters. The van der Waals surface area contributed by atoms with Crippen molar-refractivity contribution in [1.29, 1.82) is 0 Å². The Hall–Kier alpha value is -1.83. The predicted octanol–water partition coefficient (Wildman–Crippen LogP) is 4.02. The highest BCUT2D eigenvalue weighted by Crippen LogP contribution is 2.36. The number of para-hydroxylation sites is 1. The Bertz CT molecular complexity index is 577. The summed E-state index contributed by atoms with van der Waals surface area (Å²) < 4.78 is 14.7. The van der Waals surface area contributed by atoms with Crippen LogP contribution in [0.25, 0.3) is 0 Å². The maximum absolute atomic E-state index is 14.7. The summed E-state index contributed by atoms with van der Waals surface area (Å²) in [5, 5.41) is 3.29. The van der Waals surface area contributed by atoms with Gasteiger partial charge in [-0.2, -0.15) is 0 Å². The van der Waals surface area contributed by atoms with Crippen molar-refractivity contribution in [2.24, 2.45) is 0 Å². The molecule has 1 N–H and O–H groups in total. The van der Waals surface area contributed by atoms with E-state index >= 15 is 0 Å². The number of hydrogen-bond acceptors (Lipinski definition) is 1. The molecule has 18 heavy (non-hydrogen) atoms. The molecule has 0 aromatic heterocycles. The van der Waals surface area contributed by atoms with Gasteiger partial charge in [0, 0.05) is 17.8 Å². The minimum atomic E-state index is -1.05. The fourth-order valence-corrected chi connectivity index (χ4v) is 2.58. The number of fused-ring (bicyclic) bond motifs is 1. The summed E-state index contributed by atoms with van der Waals surface area (Å²) in [7, 11) is 0. The van der Waals surface area contributed by atoms with E-state index in [1.165, 1.54) is 5.56 Å². The van der Waals surface area contributed by atoms with E-state index in [9.17, 15) is 4.39 Å². The first-order valence-corrected chi connectivity index (χ1v) is 6.32. The molecular formula is C16H16FN. The highest BCUT2D eigenvalue weighted by Gasteiger charge is 2.21. The molecule has 0 aliphatic carbocycles. The van der Waals surface area contributed by atoms with E-state index in [0.717, 1.165) is 35.3 Å². The smallest absolute Gasteiger partial charge is 0.152 e. The van der Waals surface area contributed by atoms with Gasteiger partial charge in [0.15, 0.2) is 6.17 Å². The minimum absolute atomic E-state index is 0.733. The number of aryl methyl sites for hydroxylation is 1. The van der Waals surface area contributed by atoms with Crippen LogP contribution in [0.3, 0.4) is 0 Å². The zero-order valence-corrected chi connectivity index (χ0v) is 10.4. The van der Waals surface area contributed by atoms with Gasteiger partial charge in [0.1, 0.15) is 0 Å². The van der Waals surface area contributed by atoms with Crippen molar-refractivity contribution in [3.8, 4) is 0 Å². The Kier molecular flexibility index (Phi) is 2.78. The maximum Gasteiger partial charge on any atom is 0.152 e. The van der Waals surface area contributed by atoms with Crippen molar-refractivity contribution in [3.63, 3.8) is 0 Å². The summed E-state index contributed by atoms with van der Waals surface area (Å²) >= 11 is 0. The Labute approximate surface area is 107 Å². The Morgan fingerprint density at radius 3 is 2.83 bits per heavy atom. The van der Waals surface area contributed by atoms with Crippen LogP contribution >= 0.6 is 0 Å². The van der Waals surface area contributed by atoms with Gasteiger partial charge in [-0.3, -0.25) is 0 Å². The number of benzene rings is 2. The third-order valence-corrected chi connectivity index (χ3v) is 3.49. The summed E-state index contributed by atoms with van der Waals surface area (Å²) in [6.07, 6.45) is -0.0607. The summed E-state index contributed by atoms with van der Waals surface area (Å²) in [5.74, 6) is 0. The Morgan fingerprint density at radius 1 is 1.17 bits per heavy atom. The standard InChI is InChI=1S/C16H16FN/c1-11-4-2-6-13(10-11)15(17)14-7-3-5-12-8-9-18-16(12)14/h2-7,10,15,18H,8-9H2,1H3. The van der Waals surface area contributed by atoms with Gasteiger partial charge in [0.25, 0.3) is 0 Å². The molecule has 1 aliphatic heterocycles. The second-order valence-electron chi connectivity index (χ2n) is 4.83. The van der Waals surface area contributed by atoms with Gasteiger partial charge in [0.2, 0.25) is 0 Å². The van der Waals surface area contributed by atoms with Crippen molar-refractivity contribution >= 4 is 5.69 Å². The Balaban J connectivity index is 2.03. The molecule has 2 aromatic rings. The highest BCUT2D eigenvalue weighted by atomic mass is 19.1. The third kappa shape index (κ3) is 1.88. The largest absolute Gasteiger partial charge is 0.384 e. The van der Waals surface area contributed by atoms with E-state index in [0.29, 0.717) is 0 Å². The highest BCUT2D eigenvalue weighted by molar-refractivity contribution is 5.63. The summed E-state index contributed by atoms with van der Waals surface area (Å²) in [6, 6.07) is 13.6. The third-order valence-electron chi connectivity index (χ3n) is 3.49. The number of rotatable bonds is 2. The zero-order chi connectivity index (χ0) is 12.5. The molecule has 0 radical (unpaired) electrons. The average molecular weight is 241 g/mol. The molecule has 0 bridgehead atoms. The van der Waals surface area contributed by atoms with Gasteiger partial charge in [0.05, 0.1) is 0 Å². The van der Waals surface area contributed by atoms with Crippen LogP contribution in [0, 0.1) is 6.92 Å². The monoisotopic (exact) mass is 241 g/mol. The lowest BCUT2D eigenvalue weighted by Gasteiger charge is -2.14. The lowest BCUT2D eigenvalue weighted by Crippen LogP contribution is -2.00. The van der Waals surface area contributed by atoms with E-state index in [1.807, 2.05) is 43.3 Å². The molecule has 0 fully saturated rings. The number of hydrogen-bond donors (Lipinski definition) is 1. The van der Waals surface area contributed by atoms with E-state index < -0.39 is 6.17 Å². The molecule has 0 spiro atoms. The maximum atomic E-state index is 14.7. The number of nitrogens with one attached hydrogen (secondary N) is 1. The quantitative estimate of drug-likeness (QED) is 0.837.